The van der Waals surface area contributed by atoms with Gasteiger partial charge in [-0.15, -0.1) is 0 Å². The monoisotopic (exact) mass is 369 g/mol. The van der Waals surface area contributed by atoms with E-state index in [2.05, 4.69) is 27.3 Å². The summed E-state index contributed by atoms with van der Waals surface area (Å²) in [5.41, 5.74) is 1.16. The van der Waals surface area contributed by atoms with Gasteiger partial charge in [-0.25, -0.2) is 0 Å². The standard InChI is InChI=1S/C18H25BrClN/c19-18-15(20)10-6-12-17(18)21-16-11-5-4-9-14(16)13-7-2-1-3-8-13/h6,10,12-14,16,21H,1-5,7-9,11H2. The first-order valence-electron chi connectivity index (χ1n) is 8.46. The van der Waals surface area contributed by atoms with Gasteiger partial charge in [0.25, 0.3) is 0 Å². The molecule has 2 aliphatic carbocycles. The SMILES string of the molecule is Clc1cccc(NC2CCCCC2C2CCCCC2)c1Br. The summed E-state index contributed by atoms with van der Waals surface area (Å²) in [5.74, 6) is 1.79. The number of rotatable bonds is 3. The van der Waals surface area contributed by atoms with Gasteiger partial charge in [0.2, 0.25) is 0 Å². The number of hydrogen-bond donors (Lipinski definition) is 1. The largest absolute Gasteiger partial charge is 0.381 e. The van der Waals surface area contributed by atoms with Gasteiger partial charge in [0.1, 0.15) is 0 Å². The smallest absolute Gasteiger partial charge is 0.0593 e. The van der Waals surface area contributed by atoms with Crippen LogP contribution in [0.1, 0.15) is 57.8 Å². The fraction of sp³-hybridized carbons (Fsp3) is 0.667. The molecule has 0 amide bonds. The van der Waals surface area contributed by atoms with Gasteiger partial charge in [-0.1, -0.05) is 62.6 Å². The highest BCUT2D eigenvalue weighted by molar-refractivity contribution is 9.10. The van der Waals surface area contributed by atoms with E-state index in [1.807, 2.05) is 12.1 Å². The third kappa shape index (κ3) is 3.76. The summed E-state index contributed by atoms with van der Waals surface area (Å²) >= 11 is 9.86. The summed E-state index contributed by atoms with van der Waals surface area (Å²) in [5, 5.41) is 4.60. The molecular formula is C18H25BrClN. The van der Waals surface area contributed by atoms with E-state index in [0.717, 1.165) is 27.0 Å². The van der Waals surface area contributed by atoms with Crippen molar-refractivity contribution in [2.24, 2.45) is 11.8 Å². The first-order valence-corrected chi connectivity index (χ1v) is 9.63. The van der Waals surface area contributed by atoms with Crippen LogP contribution in [-0.2, 0) is 0 Å². The molecule has 3 heteroatoms. The highest BCUT2D eigenvalue weighted by Gasteiger charge is 2.32. The summed E-state index contributed by atoms with van der Waals surface area (Å²) in [7, 11) is 0. The van der Waals surface area contributed by atoms with Gasteiger partial charge in [-0.3, -0.25) is 0 Å². The van der Waals surface area contributed by atoms with Crippen LogP contribution in [0.5, 0.6) is 0 Å². The van der Waals surface area contributed by atoms with Crippen LogP contribution in [0.25, 0.3) is 0 Å². The van der Waals surface area contributed by atoms with Crippen molar-refractivity contribution in [3.8, 4) is 0 Å². The zero-order valence-corrected chi connectivity index (χ0v) is 14.9. The third-order valence-electron chi connectivity index (χ3n) is 5.37. The molecule has 1 N–H and O–H groups in total. The van der Waals surface area contributed by atoms with Gasteiger partial charge in [-0.05, 0) is 52.7 Å². The number of halogens is 2. The molecule has 0 radical (unpaired) electrons. The molecule has 0 saturated heterocycles. The van der Waals surface area contributed by atoms with Crippen molar-refractivity contribution >= 4 is 33.2 Å². The summed E-state index contributed by atoms with van der Waals surface area (Å²) in [4.78, 5) is 0. The van der Waals surface area contributed by atoms with E-state index in [-0.39, 0.29) is 0 Å². The van der Waals surface area contributed by atoms with E-state index in [1.165, 1.54) is 57.8 Å². The van der Waals surface area contributed by atoms with Crippen molar-refractivity contribution in [3.63, 3.8) is 0 Å². The minimum atomic E-state index is 0.622. The molecule has 3 rings (SSSR count). The molecule has 2 saturated carbocycles. The van der Waals surface area contributed by atoms with Crippen LogP contribution in [-0.4, -0.2) is 6.04 Å². The van der Waals surface area contributed by atoms with Crippen LogP contribution in [0.4, 0.5) is 5.69 Å². The van der Waals surface area contributed by atoms with Crippen molar-refractivity contribution in [2.75, 3.05) is 5.32 Å². The van der Waals surface area contributed by atoms with Crippen LogP contribution in [0.3, 0.4) is 0 Å². The molecule has 2 fully saturated rings. The molecule has 0 spiro atoms. The van der Waals surface area contributed by atoms with Crippen molar-refractivity contribution in [2.45, 2.75) is 63.8 Å². The van der Waals surface area contributed by atoms with Crippen LogP contribution < -0.4 is 5.32 Å². The Labute approximate surface area is 142 Å². The maximum absolute atomic E-state index is 6.23. The highest BCUT2D eigenvalue weighted by Crippen LogP contribution is 2.40. The average molecular weight is 371 g/mol. The maximum atomic E-state index is 6.23. The highest BCUT2D eigenvalue weighted by atomic mass is 79.9. The third-order valence-corrected chi connectivity index (χ3v) is 6.76. The number of benzene rings is 1. The lowest BCUT2D eigenvalue weighted by atomic mass is 9.71. The molecule has 1 aromatic rings. The molecule has 0 bridgehead atoms. The van der Waals surface area contributed by atoms with Crippen molar-refractivity contribution < 1.29 is 0 Å². The molecular weight excluding hydrogens is 346 g/mol. The minimum absolute atomic E-state index is 0.622. The zero-order chi connectivity index (χ0) is 14.7. The van der Waals surface area contributed by atoms with Crippen molar-refractivity contribution in [1.82, 2.24) is 0 Å². The van der Waals surface area contributed by atoms with Crippen molar-refractivity contribution in [1.29, 1.82) is 0 Å². The van der Waals surface area contributed by atoms with E-state index in [0.29, 0.717) is 6.04 Å². The van der Waals surface area contributed by atoms with Gasteiger partial charge in [0, 0.05) is 6.04 Å². The van der Waals surface area contributed by atoms with E-state index < -0.39 is 0 Å². The van der Waals surface area contributed by atoms with E-state index in [9.17, 15) is 0 Å². The summed E-state index contributed by atoms with van der Waals surface area (Å²) in [6.45, 7) is 0. The molecule has 1 aromatic carbocycles. The van der Waals surface area contributed by atoms with Gasteiger partial charge >= 0.3 is 0 Å². The Kier molecular flexibility index (Phi) is 5.50. The molecule has 2 unspecified atom stereocenters. The number of nitrogens with one attached hydrogen (secondary N) is 1. The molecule has 1 nitrogen and oxygen atoms in total. The van der Waals surface area contributed by atoms with E-state index in [4.69, 9.17) is 11.6 Å². The lowest BCUT2D eigenvalue weighted by Gasteiger charge is -2.40. The predicted molar refractivity (Wildman–Crippen MR) is 95.1 cm³/mol. The Morgan fingerprint density at radius 1 is 0.952 bits per heavy atom. The number of hydrogen-bond acceptors (Lipinski definition) is 1. The fourth-order valence-electron chi connectivity index (χ4n) is 4.28. The molecule has 21 heavy (non-hydrogen) atoms. The second-order valence-electron chi connectivity index (χ2n) is 6.70. The van der Waals surface area contributed by atoms with Crippen LogP contribution >= 0.6 is 27.5 Å². The minimum Gasteiger partial charge on any atom is -0.381 e. The lowest BCUT2D eigenvalue weighted by molar-refractivity contribution is 0.180. The van der Waals surface area contributed by atoms with Crippen LogP contribution in [0.2, 0.25) is 5.02 Å². The molecule has 0 aromatic heterocycles. The Balaban J connectivity index is 1.73. The Morgan fingerprint density at radius 2 is 1.67 bits per heavy atom. The first-order chi connectivity index (χ1) is 10.3. The summed E-state index contributed by atoms with van der Waals surface area (Å²) in [6, 6.07) is 6.74. The van der Waals surface area contributed by atoms with Gasteiger partial charge in [0.05, 0.1) is 15.2 Å². The zero-order valence-electron chi connectivity index (χ0n) is 12.6. The Morgan fingerprint density at radius 3 is 2.48 bits per heavy atom. The van der Waals surface area contributed by atoms with Crippen molar-refractivity contribution in [3.05, 3.63) is 27.7 Å². The van der Waals surface area contributed by atoms with E-state index in [1.54, 1.807) is 0 Å². The Bertz CT molecular complexity index is 470. The van der Waals surface area contributed by atoms with Crippen LogP contribution in [0.15, 0.2) is 22.7 Å². The molecule has 2 atom stereocenters. The molecule has 116 valence electrons. The van der Waals surface area contributed by atoms with Gasteiger partial charge in [0.15, 0.2) is 0 Å². The van der Waals surface area contributed by atoms with Gasteiger partial charge < -0.3 is 5.32 Å². The second kappa shape index (κ2) is 7.37. The Hall–Kier alpha value is -0.210. The first kappa shape index (κ1) is 15.7. The van der Waals surface area contributed by atoms with E-state index >= 15 is 0 Å². The quantitative estimate of drug-likeness (QED) is 0.627. The molecule has 0 heterocycles. The molecule has 2 aliphatic rings. The van der Waals surface area contributed by atoms with Gasteiger partial charge in [-0.2, -0.15) is 0 Å². The summed E-state index contributed by atoms with van der Waals surface area (Å²) < 4.78 is 1.01. The lowest BCUT2D eigenvalue weighted by Crippen LogP contribution is -2.37. The summed E-state index contributed by atoms with van der Waals surface area (Å²) in [6.07, 6.45) is 12.7. The maximum Gasteiger partial charge on any atom is 0.0593 e. The normalized spacial score (nSPS) is 27.5. The average Bonchev–Trinajstić information content (AvgIpc) is 2.53. The topological polar surface area (TPSA) is 12.0 Å². The fourth-order valence-corrected chi connectivity index (χ4v) is 4.83. The van der Waals surface area contributed by atoms with Crippen LogP contribution in [0, 0.1) is 11.8 Å². The molecule has 0 aliphatic heterocycles. The predicted octanol–water partition coefficient (Wildman–Crippen LogP) is 6.65. The number of anilines is 1. The second-order valence-corrected chi connectivity index (χ2v) is 7.90.